The number of hydrogen-bond acceptors (Lipinski definition) is 3. The summed E-state index contributed by atoms with van der Waals surface area (Å²) >= 11 is 1.06. The van der Waals surface area contributed by atoms with E-state index in [1.807, 2.05) is 6.92 Å². The van der Waals surface area contributed by atoms with Crippen LogP contribution in [-0.2, 0) is 9.53 Å². The Morgan fingerprint density at radius 1 is 1.19 bits per heavy atom. The van der Waals surface area contributed by atoms with Crippen LogP contribution < -0.4 is 0 Å². The summed E-state index contributed by atoms with van der Waals surface area (Å²) in [7, 11) is 0. The molecule has 0 spiro atoms. The number of alkyl halides is 5. The Balaban J connectivity index is 4.25. The molecule has 0 aliphatic carbocycles. The lowest BCUT2D eigenvalue weighted by atomic mass is 10.1. The molecule has 0 N–H and O–H groups in total. The highest BCUT2D eigenvalue weighted by atomic mass is 32.2. The van der Waals surface area contributed by atoms with E-state index in [0.717, 1.165) is 11.8 Å². The van der Waals surface area contributed by atoms with Crippen molar-refractivity contribution in [3.05, 3.63) is 0 Å². The highest BCUT2D eigenvalue weighted by molar-refractivity contribution is 8.00. The van der Waals surface area contributed by atoms with Gasteiger partial charge in [-0.05, 0) is 24.5 Å². The van der Waals surface area contributed by atoms with Crippen molar-refractivity contribution >= 4 is 17.7 Å². The first-order valence-corrected chi connectivity index (χ1v) is 7.80. The van der Waals surface area contributed by atoms with Gasteiger partial charge in [-0.25, -0.2) is 0 Å². The molecule has 0 aromatic rings. The van der Waals surface area contributed by atoms with Gasteiger partial charge < -0.3 is 4.74 Å². The minimum absolute atomic E-state index is 0.0513. The van der Waals surface area contributed by atoms with Crippen LogP contribution in [0.2, 0.25) is 0 Å². The maximum atomic E-state index is 12.7. The van der Waals surface area contributed by atoms with Gasteiger partial charge in [0, 0.05) is 6.42 Å². The Kier molecular flexibility index (Phi) is 8.58. The van der Waals surface area contributed by atoms with E-state index in [9.17, 15) is 26.7 Å². The molecule has 0 aliphatic heterocycles. The van der Waals surface area contributed by atoms with Gasteiger partial charge in [-0.3, -0.25) is 4.79 Å². The smallest absolute Gasteiger partial charge is 0.453 e. The summed E-state index contributed by atoms with van der Waals surface area (Å²) in [6.45, 7) is 5.66. The third-order valence-electron chi connectivity index (χ3n) is 2.63. The molecule has 8 heteroatoms. The fourth-order valence-corrected chi connectivity index (χ4v) is 2.62. The van der Waals surface area contributed by atoms with Gasteiger partial charge in [0.2, 0.25) is 0 Å². The lowest BCUT2D eigenvalue weighted by molar-refractivity contribution is -0.284. The minimum Gasteiger partial charge on any atom is -0.465 e. The van der Waals surface area contributed by atoms with Crippen LogP contribution in [0.15, 0.2) is 0 Å². The van der Waals surface area contributed by atoms with E-state index in [1.54, 1.807) is 13.8 Å². The molecule has 2 nitrogen and oxygen atoms in total. The highest BCUT2D eigenvalue weighted by Crippen LogP contribution is 2.39. The van der Waals surface area contributed by atoms with E-state index in [2.05, 4.69) is 0 Å². The number of carbonyl (C=O) groups excluding carboxylic acids is 1. The standard InChI is InChI=1S/C13H21F5O2S/c1-4-7-20-11(19)10(9(2)3)21-8-5-6-12(14,15)13(16,17)18/h9-10H,4-8H2,1-3H3. The first kappa shape index (κ1) is 20.5. The number of thioether (sulfide) groups is 1. The fourth-order valence-electron chi connectivity index (χ4n) is 1.46. The summed E-state index contributed by atoms with van der Waals surface area (Å²) in [4.78, 5) is 11.7. The first-order valence-electron chi connectivity index (χ1n) is 6.75. The van der Waals surface area contributed by atoms with Crippen LogP contribution in [-0.4, -0.2) is 35.7 Å². The number of esters is 1. The maximum Gasteiger partial charge on any atom is 0.453 e. The van der Waals surface area contributed by atoms with Crippen molar-refractivity contribution in [2.75, 3.05) is 12.4 Å². The van der Waals surface area contributed by atoms with Crippen LogP contribution in [0, 0.1) is 5.92 Å². The Bertz CT molecular complexity index is 318. The van der Waals surface area contributed by atoms with Gasteiger partial charge in [0.1, 0.15) is 5.25 Å². The average molecular weight is 336 g/mol. The van der Waals surface area contributed by atoms with E-state index in [0.29, 0.717) is 6.42 Å². The second-order valence-electron chi connectivity index (χ2n) is 5.01. The van der Waals surface area contributed by atoms with Crippen molar-refractivity contribution < 1.29 is 31.5 Å². The Morgan fingerprint density at radius 2 is 1.76 bits per heavy atom. The van der Waals surface area contributed by atoms with Crippen LogP contribution in [0.25, 0.3) is 0 Å². The number of hydrogen-bond donors (Lipinski definition) is 0. The SMILES string of the molecule is CCCOC(=O)C(SCCCC(F)(F)C(F)(F)F)C(C)C. The molecular formula is C13H21F5O2S. The molecule has 1 unspecified atom stereocenters. The quantitative estimate of drug-likeness (QED) is 0.347. The number of carbonyl (C=O) groups is 1. The van der Waals surface area contributed by atoms with Crippen molar-refractivity contribution in [3.63, 3.8) is 0 Å². The van der Waals surface area contributed by atoms with Crippen molar-refractivity contribution in [2.45, 2.75) is 57.4 Å². The molecule has 0 radical (unpaired) electrons. The summed E-state index contributed by atoms with van der Waals surface area (Å²) in [5.41, 5.74) is 0. The van der Waals surface area contributed by atoms with Crippen LogP contribution in [0.3, 0.4) is 0 Å². The van der Waals surface area contributed by atoms with Crippen molar-refractivity contribution in [1.82, 2.24) is 0 Å². The second kappa shape index (κ2) is 8.80. The zero-order valence-corrected chi connectivity index (χ0v) is 13.1. The summed E-state index contributed by atoms with van der Waals surface area (Å²) in [5.74, 6) is -5.15. The van der Waals surface area contributed by atoms with Gasteiger partial charge in [0.05, 0.1) is 6.61 Å². The zero-order valence-electron chi connectivity index (χ0n) is 12.3. The van der Waals surface area contributed by atoms with Gasteiger partial charge in [-0.15, -0.1) is 11.8 Å². The molecule has 0 saturated carbocycles. The van der Waals surface area contributed by atoms with Crippen molar-refractivity contribution in [2.24, 2.45) is 5.92 Å². The number of ether oxygens (including phenoxy) is 1. The zero-order chi connectivity index (χ0) is 16.7. The third kappa shape index (κ3) is 7.33. The topological polar surface area (TPSA) is 26.3 Å². The molecule has 0 fully saturated rings. The van der Waals surface area contributed by atoms with E-state index < -0.39 is 29.7 Å². The molecule has 0 aromatic heterocycles. The van der Waals surface area contributed by atoms with Crippen LogP contribution in [0.1, 0.15) is 40.0 Å². The van der Waals surface area contributed by atoms with Gasteiger partial charge >= 0.3 is 18.1 Å². The Labute approximate surface area is 125 Å². The molecule has 0 bridgehead atoms. The number of rotatable bonds is 9. The predicted octanol–water partition coefficient (Wildman–Crippen LogP) is 4.68. The maximum absolute atomic E-state index is 12.7. The molecule has 0 heterocycles. The molecule has 126 valence electrons. The molecule has 0 amide bonds. The lowest BCUT2D eigenvalue weighted by Crippen LogP contribution is -2.36. The summed E-state index contributed by atoms with van der Waals surface area (Å²) in [5, 5.41) is -0.545. The first-order chi connectivity index (χ1) is 9.53. The monoisotopic (exact) mass is 336 g/mol. The fraction of sp³-hybridized carbons (Fsp3) is 0.923. The van der Waals surface area contributed by atoms with E-state index >= 15 is 0 Å². The lowest BCUT2D eigenvalue weighted by Gasteiger charge is -2.21. The third-order valence-corrected chi connectivity index (χ3v) is 4.25. The molecular weight excluding hydrogens is 315 g/mol. The van der Waals surface area contributed by atoms with Crippen LogP contribution >= 0.6 is 11.8 Å². The summed E-state index contributed by atoms with van der Waals surface area (Å²) < 4.78 is 66.4. The molecule has 21 heavy (non-hydrogen) atoms. The molecule has 0 aliphatic rings. The second-order valence-corrected chi connectivity index (χ2v) is 6.26. The van der Waals surface area contributed by atoms with Gasteiger partial charge in [-0.1, -0.05) is 20.8 Å². The predicted molar refractivity (Wildman–Crippen MR) is 72.6 cm³/mol. The van der Waals surface area contributed by atoms with Crippen molar-refractivity contribution in [3.8, 4) is 0 Å². The van der Waals surface area contributed by atoms with E-state index in [4.69, 9.17) is 4.74 Å². The normalized spacial score (nSPS) is 14.3. The van der Waals surface area contributed by atoms with Gasteiger partial charge in [0.15, 0.2) is 0 Å². The van der Waals surface area contributed by atoms with Gasteiger partial charge in [0.25, 0.3) is 0 Å². The van der Waals surface area contributed by atoms with Gasteiger partial charge in [-0.2, -0.15) is 22.0 Å². The summed E-state index contributed by atoms with van der Waals surface area (Å²) in [6.07, 6.45) is -6.44. The summed E-state index contributed by atoms with van der Waals surface area (Å²) in [6, 6.07) is 0. The van der Waals surface area contributed by atoms with Crippen LogP contribution in [0.5, 0.6) is 0 Å². The average Bonchev–Trinajstić information content (AvgIpc) is 2.33. The number of halogens is 5. The molecule has 0 saturated heterocycles. The van der Waals surface area contributed by atoms with E-state index in [-0.39, 0.29) is 24.7 Å². The highest BCUT2D eigenvalue weighted by Gasteiger charge is 2.56. The minimum atomic E-state index is -5.52. The van der Waals surface area contributed by atoms with E-state index in [1.165, 1.54) is 0 Å². The van der Waals surface area contributed by atoms with Crippen molar-refractivity contribution in [1.29, 1.82) is 0 Å². The molecule has 1 atom stereocenters. The molecule has 0 aromatic carbocycles. The largest absolute Gasteiger partial charge is 0.465 e. The molecule has 0 rings (SSSR count). The van der Waals surface area contributed by atoms with Crippen LogP contribution in [0.4, 0.5) is 22.0 Å². The Hall–Kier alpha value is -0.530. The Morgan fingerprint density at radius 3 is 2.19 bits per heavy atom.